The SMILES string of the molecule is COc1ccc(-c2oc3cc(C)ccc3c(=O)c2OCc2ccc(C)cc2)cc1. The number of benzene rings is 3. The molecule has 4 heteroatoms. The highest BCUT2D eigenvalue weighted by Gasteiger charge is 2.18. The monoisotopic (exact) mass is 386 g/mol. The molecule has 0 amide bonds. The summed E-state index contributed by atoms with van der Waals surface area (Å²) in [4.78, 5) is 13.2. The molecule has 0 unspecified atom stereocenters. The second-order valence-electron chi connectivity index (χ2n) is 7.09. The van der Waals surface area contributed by atoms with Crippen LogP contribution in [0.3, 0.4) is 0 Å². The molecule has 1 aromatic heterocycles. The molecule has 0 aliphatic heterocycles. The van der Waals surface area contributed by atoms with Crippen LogP contribution in [-0.2, 0) is 6.61 Å². The zero-order chi connectivity index (χ0) is 20.4. The van der Waals surface area contributed by atoms with E-state index in [9.17, 15) is 4.79 Å². The van der Waals surface area contributed by atoms with Crippen molar-refractivity contribution in [2.75, 3.05) is 7.11 Å². The second-order valence-corrected chi connectivity index (χ2v) is 7.09. The molecule has 0 aliphatic rings. The molecule has 0 aliphatic carbocycles. The van der Waals surface area contributed by atoms with E-state index < -0.39 is 0 Å². The quantitative estimate of drug-likeness (QED) is 0.444. The predicted molar refractivity (Wildman–Crippen MR) is 115 cm³/mol. The Hall–Kier alpha value is -3.53. The van der Waals surface area contributed by atoms with E-state index in [1.807, 2.05) is 74.5 Å². The molecule has 0 atom stereocenters. The summed E-state index contributed by atoms with van der Waals surface area (Å²) in [6.45, 7) is 4.28. The van der Waals surface area contributed by atoms with E-state index >= 15 is 0 Å². The molecule has 0 saturated heterocycles. The van der Waals surface area contributed by atoms with Gasteiger partial charge in [0.05, 0.1) is 12.5 Å². The maximum atomic E-state index is 13.2. The maximum Gasteiger partial charge on any atom is 0.235 e. The first-order valence-corrected chi connectivity index (χ1v) is 9.45. The molecule has 0 radical (unpaired) electrons. The van der Waals surface area contributed by atoms with E-state index in [1.165, 1.54) is 5.56 Å². The first kappa shape index (κ1) is 18.8. The minimum atomic E-state index is -0.177. The predicted octanol–water partition coefficient (Wildman–Crippen LogP) is 5.66. The smallest absolute Gasteiger partial charge is 0.235 e. The fraction of sp³-hybridized carbons (Fsp3) is 0.160. The van der Waals surface area contributed by atoms with Gasteiger partial charge >= 0.3 is 0 Å². The zero-order valence-electron chi connectivity index (χ0n) is 16.7. The summed E-state index contributed by atoms with van der Waals surface area (Å²) in [7, 11) is 1.62. The lowest BCUT2D eigenvalue weighted by Crippen LogP contribution is -2.10. The van der Waals surface area contributed by atoms with E-state index in [1.54, 1.807) is 13.2 Å². The van der Waals surface area contributed by atoms with Gasteiger partial charge in [0.1, 0.15) is 17.9 Å². The van der Waals surface area contributed by atoms with E-state index in [2.05, 4.69) is 0 Å². The van der Waals surface area contributed by atoms with Gasteiger partial charge in [0, 0.05) is 5.56 Å². The minimum absolute atomic E-state index is 0.177. The summed E-state index contributed by atoms with van der Waals surface area (Å²) in [5.74, 6) is 1.37. The highest BCUT2D eigenvalue weighted by molar-refractivity contribution is 5.82. The topological polar surface area (TPSA) is 48.7 Å². The fourth-order valence-electron chi connectivity index (χ4n) is 3.19. The number of hydrogen-bond donors (Lipinski definition) is 0. The van der Waals surface area contributed by atoms with Crippen LogP contribution in [0.1, 0.15) is 16.7 Å². The van der Waals surface area contributed by atoms with Gasteiger partial charge in [-0.3, -0.25) is 4.79 Å². The molecular formula is C25H22O4. The van der Waals surface area contributed by atoms with Gasteiger partial charge in [-0.15, -0.1) is 0 Å². The summed E-state index contributed by atoms with van der Waals surface area (Å²) in [6.07, 6.45) is 0. The Morgan fingerprint density at radius 3 is 2.24 bits per heavy atom. The van der Waals surface area contributed by atoms with Crippen LogP contribution in [0.2, 0.25) is 0 Å². The van der Waals surface area contributed by atoms with E-state index in [-0.39, 0.29) is 17.8 Å². The van der Waals surface area contributed by atoms with Gasteiger partial charge in [-0.25, -0.2) is 0 Å². The van der Waals surface area contributed by atoms with Crippen molar-refractivity contribution in [3.63, 3.8) is 0 Å². The summed E-state index contributed by atoms with van der Waals surface area (Å²) in [5, 5.41) is 0.506. The molecule has 29 heavy (non-hydrogen) atoms. The molecule has 4 aromatic rings. The lowest BCUT2D eigenvalue weighted by atomic mass is 10.1. The first-order valence-electron chi connectivity index (χ1n) is 9.45. The molecule has 4 nitrogen and oxygen atoms in total. The van der Waals surface area contributed by atoms with Gasteiger partial charge in [-0.1, -0.05) is 35.9 Å². The molecule has 0 saturated carbocycles. The van der Waals surface area contributed by atoms with Crippen molar-refractivity contribution in [2.24, 2.45) is 0 Å². The number of methoxy groups -OCH3 is 1. The molecule has 3 aromatic carbocycles. The van der Waals surface area contributed by atoms with Crippen LogP contribution >= 0.6 is 0 Å². The third-order valence-electron chi connectivity index (χ3n) is 4.86. The molecule has 4 rings (SSSR count). The molecule has 0 bridgehead atoms. The van der Waals surface area contributed by atoms with Crippen LogP contribution in [0, 0.1) is 13.8 Å². The molecule has 0 fully saturated rings. The fourth-order valence-corrected chi connectivity index (χ4v) is 3.19. The van der Waals surface area contributed by atoms with E-state index in [4.69, 9.17) is 13.9 Å². The number of rotatable bonds is 5. The highest BCUT2D eigenvalue weighted by Crippen LogP contribution is 2.32. The minimum Gasteiger partial charge on any atom is -0.497 e. The molecule has 0 N–H and O–H groups in total. The van der Waals surface area contributed by atoms with Crippen molar-refractivity contribution in [3.05, 3.63) is 93.6 Å². The lowest BCUT2D eigenvalue weighted by molar-refractivity contribution is 0.298. The van der Waals surface area contributed by atoms with Gasteiger partial charge in [-0.2, -0.15) is 0 Å². The van der Waals surface area contributed by atoms with Crippen LogP contribution in [0.15, 0.2) is 75.9 Å². The summed E-state index contributed by atoms with van der Waals surface area (Å²) in [6, 6.07) is 21.0. The number of aryl methyl sites for hydroxylation is 2. The zero-order valence-corrected chi connectivity index (χ0v) is 16.7. The van der Waals surface area contributed by atoms with Gasteiger partial charge in [0.25, 0.3) is 0 Å². The van der Waals surface area contributed by atoms with Gasteiger partial charge in [0.15, 0.2) is 5.76 Å². The Labute approximate surface area is 169 Å². The van der Waals surface area contributed by atoms with Crippen molar-refractivity contribution in [2.45, 2.75) is 20.5 Å². The van der Waals surface area contributed by atoms with Crippen LogP contribution in [0.4, 0.5) is 0 Å². The van der Waals surface area contributed by atoms with Crippen molar-refractivity contribution in [3.8, 4) is 22.8 Å². The van der Waals surface area contributed by atoms with Crippen LogP contribution in [0.25, 0.3) is 22.3 Å². The number of ether oxygens (including phenoxy) is 2. The number of hydrogen-bond acceptors (Lipinski definition) is 4. The maximum absolute atomic E-state index is 13.2. The van der Waals surface area contributed by atoms with Gasteiger partial charge in [-0.05, 0) is 61.4 Å². The Morgan fingerprint density at radius 2 is 1.55 bits per heavy atom. The van der Waals surface area contributed by atoms with Crippen LogP contribution < -0.4 is 14.9 Å². The first-order chi connectivity index (χ1) is 14.0. The largest absolute Gasteiger partial charge is 0.497 e. The molecular weight excluding hydrogens is 364 g/mol. The lowest BCUT2D eigenvalue weighted by Gasteiger charge is -2.12. The third-order valence-corrected chi connectivity index (χ3v) is 4.86. The van der Waals surface area contributed by atoms with Crippen molar-refractivity contribution < 1.29 is 13.9 Å². The third kappa shape index (κ3) is 3.87. The average molecular weight is 386 g/mol. The molecule has 1 heterocycles. The van der Waals surface area contributed by atoms with Crippen LogP contribution in [-0.4, -0.2) is 7.11 Å². The Morgan fingerprint density at radius 1 is 0.862 bits per heavy atom. The molecule has 0 spiro atoms. The summed E-state index contributed by atoms with van der Waals surface area (Å²) in [5.41, 5.74) is 4.31. The summed E-state index contributed by atoms with van der Waals surface area (Å²) < 4.78 is 17.4. The van der Waals surface area contributed by atoms with Gasteiger partial charge < -0.3 is 13.9 Å². The highest BCUT2D eigenvalue weighted by atomic mass is 16.5. The standard InChI is InChI=1S/C25H22O4/c1-16-4-7-18(8-5-16)15-28-25-23(26)21-13-6-17(2)14-22(21)29-24(25)19-9-11-20(27-3)12-10-19/h4-14H,15H2,1-3H3. The van der Waals surface area contributed by atoms with Crippen molar-refractivity contribution in [1.82, 2.24) is 0 Å². The Balaban J connectivity index is 1.82. The number of fused-ring (bicyclic) bond motifs is 1. The Bertz CT molecular complexity index is 1200. The van der Waals surface area contributed by atoms with Crippen molar-refractivity contribution >= 4 is 11.0 Å². The normalized spacial score (nSPS) is 10.9. The van der Waals surface area contributed by atoms with E-state index in [0.29, 0.717) is 16.7 Å². The second kappa shape index (κ2) is 7.84. The summed E-state index contributed by atoms with van der Waals surface area (Å²) >= 11 is 0. The average Bonchev–Trinajstić information content (AvgIpc) is 2.74. The van der Waals surface area contributed by atoms with E-state index in [0.717, 1.165) is 22.4 Å². The van der Waals surface area contributed by atoms with Gasteiger partial charge in [0.2, 0.25) is 11.2 Å². The Kier molecular flexibility index (Phi) is 5.09. The van der Waals surface area contributed by atoms with Crippen molar-refractivity contribution in [1.29, 1.82) is 0 Å². The van der Waals surface area contributed by atoms with Crippen LogP contribution in [0.5, 0.6) is 11.5 Å². The molecule has 146 valence electrons.